The Hall–Kier alpha value is -3.06. The number of carboxylic acids is 1. The van der Waals surface area contributed by atoms with Crippen molar-refractivity contribution < 1.29 is 24.2 Å². The van der Waals surface area contributed by atoms with Crippen molar-refractivity contribution in [2.75, 3.05) is 13.2 Å². The summed E-state index contributed by atoms with van der Waals surface area (Å²) in [6.45, 7) is -0.601. The monoisotopic (exact) mass is 362 g/mol. The lowest BCUT2D eigenvalue weighted by Gasteiger charge is -2.05. The second-order valence-corrected chi connectivity index (χ2v) is 5.23. The molecule has 2 N–H and O–H groups in total. The van der Waals surface area contributed by atoms with Crippen LogP contribution >= 0.6 is 11.6 Å². The topological polar surface area (TPSA) is 97.2 Å². The van der Waals surface area contributed by atoms with Gasteiger partial charge in [0.05, 0.1) is 6.21 Å². The Morgan fingerprint density at radius 3 is 2.48 bits per heavy atom. The molecule has 2 rings (SSSR count). The molecule has 0 aliphatic carbocycles. The van der Waals surface area contributed by atoms with E-state index >= 15 is 0 Å². The molecule has 0 fully saturated rings. The van der Waals surface area contributed by atoms with E-state index in [4.69, 9.17) is 26.2 Å². The highest BCUT2D eigenvalue weighted by atomic mass is 35.5. The van der Waals surface area contributed by atoms with Crippen LogP contribution < -0.4 is 14.9 Å². The summed E-state index contributed by atoms with van der Waals surface area (Å²) in [6, 6.07) is 13.3. The van der Waals surface area contributed by atoms with Gasteiger partial charge in [0.1, 0.15) is 11.5 Å². The lowest BCUT2D eigenvalue weighted by molar-refractivity contribution is -0.139. The Bertz CT molecular complexity index is 762. The third-order valence-electron chi connectivity index (χ3n) is 2.81. The number of hydrogen-bond acceptors (Lipinski definition) is 5. The van der Waals surface area contributed by atoms with E-state index in [1.54, 1.807) is 48.5 Å². The average Bonchev–Trinajstić information content (AvgIpc) is 2.59. The number of amides is 1. The first-order chi connectivity index (χ1) is 12.0. The third kappa shape index (κ3) is 6.92. The SMILES string of the molecule is O=C(O)COc1ccc(/C=N/NC(=O)COc2cccc(Cl)c2)cc1. The number of ether oxygens (including phenoxy) is 2. The normalized spacial score (nSPS) is 10.4. The van der Waals surface area contributed by atoms with Crippen LogP contribution in [0.1, 0.15) is 5.56 Å². The first-order valence-electron chi connectivity index (χ1n) is 7.18. The Morgan fingerprint density at radius 2 is 1.80 bits per heavy atom. The number of benzene rings is 2. The van der Waals surface area contributed by atoms with Crippen LogP contribution in [0, 0.1) is 0 Å². The van der Waals surface area contributed by atoms with Gasteiger partial charge in [0.2, 0.25) is 0 Å². The molecule has 7 nitrogen and oxygen atoms in total. The minimum atomic E-state index is -1.05. The maximum atomic E-state index is 11.6. The van der Waals surface area contributed by atoms with Crippen LogP contribution in [0.25, 0.3) is 0 Å². The molecule has 0 aliphatic rings. The van der Waals surface area contributed by atoms with E-state index in [0.29, 0.717) is 22.1 Å². The molecule has 0 saturated heterocycles. The fourth-order valence-corrected chi connectivity index (χ4v) is 1.89. The Labute approximate surface area is 148 Å². The molecule has 2 aromatic rings. The number of halogens is 1. The van der Waals surface area contributed by atoms with Gasteiger partial charge in [-0.2, -0.15) is 5.10 Å². The Balaban J connectivity index is 1.76. The molecule has 0 bridgehead atoms. The number of aliphatic carboxylic acids is 1. The van der Waals surface area contributed by atoms with Crippen LogP contribution in [-0.4, -0.2) is 36.4 Å². The smallest absolute Gasteiger partial charge is 0.341 e. The molecule has 130 valence electrons. The molecule has 25 heavy (non-hydrogen) atoms. The van der Waals surface area contributed by atoms with Crippen LogP contribution in [0.5, 0.6) is 11.5 Å². The maximum Gasteiger partial charge on any atom is 0.341 e. The van der Waals surface area contributed by atoms with E-state index in [2.05, 4.69) is 10.5 Å². The van der Waals surface area contributed by atoms with E-state index in [9.17, 15) is 9.59 Å². The van der Waals surface area contributed by atoms with Crippen LogP contribution in [0.3, 0.4) is 0 Å². The summed E-state index contributed by atoms with van der Waals surface area (Å²) in [5, 5.41) is 12.9. The van der Waals surface area contributed by atoms with Crippen LogP contribution in [0.2, 0.25) is 5.02 Å². The second-order valence-electron chi connectivity index (χ2n) is 4.79. The molecular weight excluding hydrogens is 348 g/mol. The van der Waals surface area contributed by atoms with Crippen molar-refractivity contribution >= 4 is 29.7 Å². The van der Waals surface area contributed by atoms with Gasteiger partial charge >= 0.3 is 5.97 Å². The molecule has 8 heteroatoms. The van der Waals surface area contributed by atoms with Crippen molar-refractivity contribution in [1.29, 1.82) is 0 Å². The van der Waals surface area contributed by atoms with Crippen LogP contribution in [0.4, 0.5) is 0 Å². The van der Waals surface area contributed by atoms with Crippen molar-refractivity contribution in [3.8, 4) is 11.5 Å². The van der Waals surface area contributed by atoms with Gasteiger partial charge in [0.15, 0.2) is 13.2 Å². The summed E-state index contributed by atoms with van der Waals surface area (Å²) in [6.07, 6.45) is 1.44. The first kappa shape index (κ1) is 18.3. The minimum absolute atomic E-state index is 0.195. The molecule has 1 amide bonds. The Morgan fingerprint density at radius 1 is 1.08 bits per heavy atom. The zero-order chi connectivity index (χ0) is 18.1. The largest absolute Gasteiger partial charge is 0.484 e. The number of nitrogens with one attached hydrogen (secondary N) is 1. The van der Waals surface area contributed by atoms with Gasteiger partial charge in [-0.3, -0.25) is 4.79 Å². The van der Waals surface area contributed by atoms with Gasteiger partial charge in [0.25, 0.3) is 5.91 Å². The zero-order valence-electron chi connectivity index (χ0n) is 13.0. The molecule has 0 heterocycles. The molecule has 0 aliphatic heterocycles. The molecule has 2 aromatic carbocycles. The number of carbonyl (C=O) groups is 2. The highest BCUT2D eigenvalue weighted by Gasteiger charge is 2.02. The van der Waals surface area contributed by atoms with Gasteiger partial charge in [-0.15, -0.1) is 0 Å². The highest BCUT2D eigenvalue weighted by molar-refractivity contribution is 6.30. The summed E-state index contributed by atoms with van der Waals surface area (Å²) in [4.78, 5) is 22.0. The lowest BCUT2D eigenvalue weighted by atomic mass is 10.2. The Kier molecular flexibility index (Phi) is 6.79. The number of rotatable bonds is 8. The molecule has 0 atom stereocenters. The zero-order valence-corrected chi connectivity index (χ0v) is 13.8. The minimum Gasteiger partial charge on any atom is -0.484 e. The average molecular weight is 363 g/mol. The van der Waals surface area contributed by atoms with Crippen LogP contribution in [-0.2, 0) is 9.59 Å². The van der Waals surface area contributed by atoms with E-state index < -0.39 is 18.5 Å². The van der Waals surface area contributed by atoms with E-state index in [1.807, 2.05) is 0 Å². The third-order valence-corrected chi connectivity index (χ3v) is 3.05. The van der Waals surface area contributed by atoms with E-state index in [-0.39, 0.29) is 6.61 Å². The fourth-order valence-electron chi connectivity index (χ4n) is 1.71. The molecule has 0 aromatic heterocycles. The highest BCUT2D eigenvalue weighted by Crippen LogP contribution is 2.16. The van der Waals surface area contributed by atoms with Crippen molar-refractivity contribution in [3.05, 3.63) is 59.1 Å². The summed E-state index contributed by atoms with van der Waals surface area (Å²) >= 11 is 5.82. The lowest BCUT2D eigenvalue weighted by Crippen LogP contribution is -2.24. The van der Waals surface area contributed by atoms with E-state index in [1.165, 1.54) is 6.21 Å². The predicted molar refractivity (Wildman–Crippen MR) is 92.3 cm³/mol. The van der Waals surface area contributed by atoms with Gasteiger partial charge in [-0.25, -0.2) is 10.2 Å². The second kappa shape index (κ2) is 9.29. The number of carboxylic acid groups (broad SMARTS) is 1. The fraction of sp³-hybridized carbons (Fsp3) is 0.118. The van der Waals surface area contributed by atoms with Gasteiger partial charge < -0.3 is 14.6 Å². The predicted octanol–water partition coefficient (Wildman–Crippen LogP) is 2.33. The molecule has 0 radical (unpaired) electrons. The van der Waals surface area contributed by atoms with Crippen molar-refractivity contribution in [1.82, 2.24) is 5.43 Å². The van der Waals surface area contributed by atoms with Crippen molar-refractivity contribution in [2.45, 2.75) is 0 Å². The quantitative estimate of drug-likeness (QED) is 0.555. The van der Waals surface area contributed by atoms with Crippen molar-refractivity contribution in [2.24, 2.45) is 5.10 Å². The number of nitrogens with zero attached hydrogens (tertiary/aromatic N) is 1. The maximum absolute atomic E-state index is 11.6. The summed E-state index contributed by atoms with van der Waals surface area (Å²) in [5.41, 5.74) is 3.04. The summed E-state index contributed by atoms with van der Waals surface area (Å²) in [5.74, 6) is -0.548. The van der Waals surface area contributed by atoms with E-state index in [0.717, 1.165) is 0 Å². The summed E-state index contributed by atoms with van der Waals surface area (Å²) in [7, 11) is 0. The standard InChI is InChI=1S/C17H15ClN2O5/c18-13-2-1-3-15(8-13)24-10-16(21)20-19-9-12-4-6-14(7-5-12)25-11-17(22)23/h1-9H,10-11H2,(H,20,21)(H,22,23)/b19-9+. The van der Waals surface area contributed by atoms with Gasteiger partial charge in [-0.05, 0) is 48.0 Å². The number of carbonyl (C=O) groups excluding carboxylic acids is 1. The molecular formula is C17H15ClN2O5. The number of hydrazone groups is 1. The van der Waals surface area contributed by atoms with Gasteiger partial charge in [-0.1, -0.05) is 17.7 Å². The van der Waals surface area contributed by atoms with Crippen LogP contribution in [0.15, 0.2) is 53.6 Å². The molecule has 0 saturated carbocycles. The summed E-state index contributed by atoms with van der Waals surface area (Å²) < 4.78 is 10.3. The molecule has 0 unspecified atom stereocenters. The van der Waals surface area contributed by atoms with Gasteiger partial charge in [0, 0.05) is 5.02 Å². The number of hydrogen-bond donors (Lipinski definition) is 2. The first-order valence-corrected chi connectivity index (χ1v) is 7.55. The van der Waals surface area contributed by atoms with Crippen molar-refractivity contribution in [3.63, 3.8) is 0 Å². The molecule has 0 spiro atoms.